The molecule has 0 amide bonds. The highest BCUT2D eigenvalue weighted by atomic mass is 16.8. The van der Waals surface area contributed by atoms with Crippen LogP contribution in [-0.2, 0) is 113 Å². The molecule has 0 aliphatic carbocycles. The van der Waals surface area contributed by atoms with Crippen molar-refractivity contribution in [3.63, 3.8) is 0 Å². The van der Waals surface area contributed by atoms with Gasteiger partial charge in [0.05, 0.1) is 77.7 Å². The first-order chi connectivity index (χ1) is 42.6. The highest BCUT2D eigenvalue weighted by Crippen LogP contribution is 2.39. The Morgan fingerprint density at radius 1 is 0.391 bits per heavy atom. The topological polar surface area (TPSA) is 157 Å². The lowest BCUT2D eigenvalue weighted by atomic mass is 9.94. The molecule has 0 saturated carbocycles. The van der Waals surface area contributed by atoms with Crippen molar-refractivity contribution >= 4 is 5.97 Å². The predicted octanol–water partition coefficient (Wildman–Crippen LogP) is 11.4. The van der Waals surface area contributed by atoms with Crippen LogP contribution in [0.4, 0.5) is 0 Å². The van der Waals surface area contributed by atoms with Gasteiger partial charge in [0.1, 0.15) is 54.9 Å². The molecule has 0 spiro atoms. The van der Waals surface area contributed by atoms with Gasteiger partial charge < -0.3 is 66.7 Å². The predicted molar refractivity (Wildman–Crippen MR) is 325 cm³/mol. The Kier molecular flexibility index (Phi) is 23.5. The second-order valence-corrected chi connectivity index (χ2v) is 22.9. The van der Waals surface area contributed by atoms with E-state index in [-0.39, 0.29) is 52.9 Å². The van der Waals surface area contributed by atoms with E-state index in [1.165, 1.54) is 0 Å². The van der Waals surface area contributed by atoms with Crippen molar-refractivity contribution in [2.24, 2.45) is 5.41 Å². The summed E-state index contributed by atoms with van der Waals surface area (Å²) < 4.78 is 90.1. The molecule has 3 aliphatic rings. The molecule has 2 saturated heterocycles. The zero-order valence-electron chi connectivity index (χ0n) is 49.6. The molecule has 10 rings (SSSR count). The van der Waals surface area contributed by atoms with Gasteiger partial charge in [-0.05, 0) is 65.8 Å². The summed E-state index contributed by atoms with van der Waals surface area (Å²) in [7, 11) is 0. The molecule has 1 N–H and O–H groups in total. The molecule has 3 aliphatic heterocycles. The molecule has 15 nitrogen and oxygen atoms in total. The van der Waals surface area contributed by atoms with Gasteiger partial charge in [0.15, 0.2) is 24.8 Å². The second-order valence-electron chi connectivity index (χ2n) is 22.9. The van der Waals surface area contributed by atoms with E-state index < -0.39 is 97.7 Å². The largest absolute Gasteiger partial charge is 0.493 e. The van der Waals surface area contributed by atoms with Gasteiger partial charge in [0.25, 0.3) is 0 Å². The van der Waals surface area contributed by atoms with Crippen LogP contribution in [0.25, 0.3) is 0 Å². The fourth-order valence-corrected chi connectivity index (χ4v) is 10.6. The average molecular weight is 1190 g/mol. The Labute approximate surface area is 510 Å². The first-order valence-electron chi connectivity index (χ1n) is 29.9. The van der Waals surface area contributed by atoms with Crippen molar-refractivity contribution in [2.45, 2.75) is 147 Å². The lowest BCUT2D eigenvalue weighted by molar-refractivity contribution is -0.388. The smallest absolute Gasteiger partial charge is 0.311 e. The number of esters is 1. The maximum Gasteiger partial charge on any atom is 0.311 e. The van der Waals surface area contributed by atoms with Crippen molar-refractivity contribution in [1.29, 1.82) is 0 Å². The SMILES string of the molecule is CC(C)(C)C(=O)O[C@H]1[C@H](O[C@H]2[C@H](O[C@H]3[C@H](OCc4ccccc4)C=CO[C@@H]3COCc3ccccc3)O[C@H](CO)[C@@H](OCc3ccccc3)[C@@H]2OCc2ccccc2)O[C@H](COCc2ccccc2)[C@@H](OCc2ccccc2)[C@@H]1OCc1ccccc1. The summed E-state index contributed by atoms with van der Waals surface area (Å²) in [6, 6.07) is 68.6. The number of carbonyl (C=O) groups is 1. The van der Waals surface area contributed by atoms with Crippen LogP contribution in [0, 0.1) is 5.41 Å². The standard InChI is InChI=1S/C72H80O15/c1-72(2,3)71(74)87-68-66(82-48-57-37-23-10-24-38-57)64(80-46-55-33-19-8-20-34-55)61(50-76-43-52-27-13-5-14-28-52)84-70(68)86-67-65(81-47-56-35-21-9-22-36-56)63(79-45-54-31-17-7-18-32-54)59(41-73)83-69(67)85-62-58(78-44-53-29-15-6-16-30-53)39-40-77-60(62)49-75-42-51-25-11-4-12-26-51/h4-40,58-70,73H,41-50H2,1-3H3/t58-,59-,60-,61-,62+,63-,64-,65+,66+,67-,68-,69+,70+/m1/s1. The van der Waals surface area contributed by atoms with Crippen molar-refractivity contribution in [2.75, 3.05) is 19.8 Å². The fourth-order valence-electron chi connectivity index (χ4n) is 10.6. The van der Waals surface area contributed by atoms with Crippen LogP contribution < -0.4 is 0 Å². The minimum absolute atomic E-state index is 0.000611. The Balaban J connectivity index is 1.08. The van der Waals surface area contributed by atoms with Gasteiger partial charge in [-0.25, -0.2) is 0 Å². The highest BCUT2D eigenvalue weighted by Gasteiger charge is 2.57. The van der Waals surface area contributed by atoms with E-state index >= 15 is 0 Å². The lowest BCUT2D eigenvalue weighted by Gasteiger charge is -2.50. The summed E-state index contributed by atoms with van der Waals surface area (Å²) in [5.41, 5.74) is 5.36. The van der Waals surface area contributed by atoms with Gasteiger partial charge in [0, 0.05) is 0 Å². The number of aliphatic hydroxyl groups excluding tert-OH is 1. The van der Waals surface area contributed by atoms with Crippen molar-refractivity contribution < 1.29 is 71.5 Å². The molecule has 7 aromatic rings. The Hall–Kier alpha value is -6.93. The Bertz CT molecular complexity index is 3080. The Morgan fingerprint density at radius 3 is 1.14 bits per heavy atom. The van der Waals surface area contributed by atoms with E-state index in [0.717, 1.165) is 38.9 Å². The van der Waals surface area contributed by atoms with E-state index in [1.807, 2.05) is 212 Å². The first-order valence-corrected chi connectivity index (χ1v) is 29.9. The van der Waals surface area contributed by atoms with Crippen molar-refractivity contribution in [1.82, 2.24) is 0 Å². The molecule has 0 unspecified atom stereocenters. The minimum Gasteiger partial charge on any atom is -0.493 e. The van der Waals surface area contributed by atoms with Crippen LogP contribution in [0.3, 0.4) is 0 Å². The minimum atomic E-state index is -1.46. The number of hydrogen-bond donors (Lipinski definition) is 1. The van der Waals surface area contributed by atoms with Crippen LogP contribution in [0.5, 0.6) is 0 Å². The molecule has 2 fully saturated rings. The number of rotatable bonds is 29. The summed E-state index contributed by atoms with van der Waals surface area (Å²) in [4.78, 5) is 14.7. The third kappa shape index (κ3) is 18.3. The van der Waals surface area contributed by atoms with Crippen molar-refractivity contribution in [3.05, 3.63) is 264 Å². The first kappa shape index (κ1) is 63.1. The van der Waals surface area contributed by atoms with Gasteiger partial charge >= 0.3 is 5.97 Å². The fraction of sp³-hybridized carbons (Fsp3) is 0.375. The number of benzene rings is 7. The lowest BCUT2D eigenvalue weighted by Crippen LogP contribution is -2.67. The molecule has 0 radical (unpaired) electrons. The Morgan fingerprint density at radius 2 is 0.724 bits per heavy atom. The molecule has 0 bridgehead atoms. The third-order valence-electron chi connectivity index (χ3n) is 15.2. The van der Waals surface area contributed by atoms with Crippen LogP contribution >= 0.6 is 0 Å². The molecule has 87 heavy (non-hydrogen) atoms. The quantitative estimate of drug-likeness (QED) is 0.0441. The number of ether oxygens (including phenoxy) is 13. The average Bonchev–Trinajstić information content (AvgIpc) is 2.33. The molecule has 3 heterocycles. The maximum atomic E-state index is 14.7. The van der Waals surface area contributed by atoms with Crippen LogP contribution in [0.1, 0.15) is 59.7 Å². The zero-order valence-corrected chi connectivity index (χ0v) is 49.6. The van der Waals surface area contributed by atoms with Crippen LogP contribution in [0.2, 0.25) is 0 Å². The number of hydrogen-bond acceptors (Lipinski definition) is 15. The number of carbonyl (C=O) groups excluding carboxylic acids is 1. The summed E-state index contributed by atoms with van der Waals surface area (Å²) in [6.45, 7) is 6.18. The van der Waals surface area contributed by atoms with E-state index in [4.69, 9.17) is 61.6 Å². The third-order valence-corrected chi connectivity index (χ3v) is 15.2. The molecular weight excluding hydrogens is 1100 g/mol. The van der Waals surface area contributed by atoms with Crippen LogP contribution in [-0.4, -0.2) is 111 Å². The zero-order chi connectivity index (χ0) is 60.1. The molecule has 13 atom stereocenters. The van der Waals surface area contributed by atoms with E-state index in [0.29, 0.717) is 6.61 Å². The highest BCUT2D eigenvalue weighted by molar-refractivity contribution is 5.75. The molecular formula is C72H80O15. The van der Waals surface area contributed by atoms with Gasteiger partial charge in [-0.1, -0.05) is 212 Å². The number of aliphatic hydroxyl groups is 1. The summed E-state index contributed by atoms with van der Waals surface area (Å²) in [5.74, 6) is -0.546. The molecule has 458 valence electrons. The van der Waals surface area contributed by atoms with Crippen LogP contribution in [0.15, 0.2) is 225 Å². The van der Waals surface area contributed by atoms with E-state index in [1.54, 1.807) is 33.1 Å². The summed E-state index contributed by atoms with van der Waals surface area (Å²) in [5, 5.41) is 11.5. The summed E-state index contributed by atoms with van der Waals surface area (Å²) >= 11 is 0. The normalized spacial score (nSPS) is 25.5. The maximum absolute atomic E-state index is 14.7. The van der Waals surface area contributed by atoms with E-state index in [9.17, 15) is 9.90 Å². The second kappa shape index (κ2) is 32.3. The monoisotopic (exact) mass is 1180 g/mol. The summed E-state index contributed by atoms with van der Waals surface area (Å²) in [6.07, 6.45) is -10.5. The van der Waals surface area contributed by atoms with Gasteiger partial charge in [-0.15, -0.1) is 0 Å². The van der Waals surface area contributed by atoms with Gasteiger partial charge in [-0.2, -0.15) is 0 Å². The van der Waals surface area contributed by atoms with Gasteiger partial charge in [-0.3, -0.25) is 4.79 Å². The molecule has 15 heteroatoms. The molecule has 7 aromatic carbocycles. The van der Waals surface area contributed by atoms with E-state index in [2.05, 4.69) is 0 Å². The van der Waals surface area contributed by atoms with Gasteiger partial charge in [0.2, 0.25) is 0 Å². The molecule has 0 aromatic heterocycles. The van der Waals surface area contributed by atoms with Crippen molar-refractivity contribution in [3.8, 4) is 0 Å².